The van der Waals surface area contributed by atoms with Crippen molar-refractivity contribution in [2.45, 2.75) is 11.4 Å². The molecule has 0 unspecified atom stereocenters. The van der Waals surface area contributed by atoms with Gasteiger partial charge in [0.25, 0.3) is 0 Å². The van der Waals surface area contributed by atoms with E-state index in [1.165, 1.54) is 16.4 Å². The minimum atomic E-state index is -3.78. The quantitative estimate of drug-likeness (QED) is 0.536. The van der Waals surface area contributed by atoms with Gasteiger partial charge < -0.3 is 4.52 Å². The molecule has 0 bridgehead atoms. The van der Waals surface area contributed by atoms with Crippen molar-refractivity contribution in [1.29, 1.82) is 0 Å². The molecule has 0 amide bonds. The molecule has 1 saturated heterocycles. The zero-order valence-corrected chi connectivity index (χ0v) is 18.7. The number of piperazine rings is 1. The molecule has 11 heteroatoms. The third-order valence-electron chi connectivity index (χ3n) is 4.76. The predicted octanol–water partition coefficient (Wildman–Crippen LogP) is 4.20. The number of sulfonamides is 1. The van der Waals surface area contributed by atoms with Crippen LogP contribution in [0.4, 0.5) is 0 Å². The van der Waals surface area contributed by atoms with Gasteiger partial charge in [-0.25, -0.2) is 8.42 Å². The Hall–Kier alpha value is -1.68. The molecule has 4 rings (SSSR count). The summed E-state index contributed by atoms with van der Waals surface area (Å²) in [5.74, 6) is 0.914. The lowest BCUT2D eigenvalue weighted by Crippen LogP contribution is -2.48. The Balaban J connectivity index is 1.41. The molecule has 158 valence electrons. The van der Waals surface area contributed by atoms with E-state index in [1.807, 2.05) is 12.1 Å². The predicted molar refractivity (Wildman–Crippen MR) is 115 cm³/mol. The van der Waals surface area contributed by atoms with Crippen LogP contribution < -0.4 is 0 Å². The summed E-state index contributed by atoms with van der Waals surface area (Å²) < 4.78 is 32.7. The Kier molecular flexibility index (Phi) is 6.34. The van der Waals surface area contributed by atoms with Crippen molar-refractivity contribution in [3.05, 3.63) is 63.4 Å². The molecule has 0 spiro atoms. The van der Waals surface area contributed by atoms with Crippen molar-refractivity contribution in [1.82, 2.24) is 19.3 Å². The molecule has 0 radical (unpaired) electrons. The molecular weight excluding hydrogens is 471 g/mol. The number of hydrogen-bond acceptors (Lipinski definition) is 6. The third-order valence-corrected chi connectivity index (χ3v) is 7.85. The fourth-order valence-electron chi connectivity index (χ4n) is 3.24. The highest BCUT2D eigenvalue weighted by molar-refractivity contribution is 7.89. The van der Waals surface area contributed by atoms with Crippen LogP contribution in [0.5, 0.6) is 0 Å². The molecule has 2 aromatic carbocycles. The molecule has 3 aromatic rings. The molecule has 30 heavy (non-hydrogen) atoms. The minimum absolute atomic E-state index is 0.0511. The van der Waals surface area contributed by atoms with Crippen molar-refractivity contribution < 1.29 is 12.9 Å². The van der Waals surface area contributed by atoms with Crippen molar-refractivity contribution in [3.63, 3.8) is 0 Å². The van der Waals surface area contributed by atoms with Gasteiger partial charge in [-0.3, -0.25) is 4.90 Å². The zero-order chi connectivity index (χ0) is 21.3. The highest BCUT2D eigenvalue weighted by Crippen LogP contribution is 2.32. The second-order valence-electron chi connectivity index (χ2n) is 6.75. The molecule has 1 aliphatic rings. The van der Waals surface area contributed by atoms with Gasteiger partial charge in [-0.2, -0.15) is 9.29 Å². The minimum Gasteiger partial charge on any atom is -0.338 e. The fourth-order valence-corrected chi connectivity index (χ4v) is 5.95. The molecular formula is C19H17Cl3N4O3S. The van der Waals surface area contributed by atoms with Crippen LogP contribution in [0.3, 0.4) is 0 Å². The van der Waals surface area contributed by atoms with E-state index in [-0.39, 0.29) is 14.9 Å². The highest BCUT2D eigenvalue weighted by Gasteiger charge is 2.32. The topological polar surface area (TPSA) is 79.5 Å². The lowest BCUT2D eigenvalue weighted by atomic mass is 10.2. The van der Waals surface area contributed by atoms with E-state index >= 15 is 0 Å². The maximum absolute atomic E-state index is 13.0. The summed E-state index contributed by atoms with van der Waals surface area (Å²) in [6.07, 6.45) is 0. The molecule has 0 atom stereocenters. The van der Waals surface area contributed by atoms with Gasteiger partial charge in [0.2, 0.25) is 21.7 Å². The van der Waals surface area contributed by atoms with Crippen LogP contribution in [-0.4, -0.2) is 53.9 Å². The first-order valence-corrected chi connectivity index (χ1v) is 11.7. The van der Waals surface area contributed by atoms with Gasteiger partial charge in [-0.05, 0) is 24.3 Å². The summed E-state index contributed by atoms with van der Waals surface area (Å²) in [5.41, 5.74) is 0.769. The number of nitrogens with zero attached hydrogens (tertiary/aromatic N) is 4. The van der Waals surface area contributed by atoms with Crippen molar-refractivity contribution >= 4 is 44.8 Å². The Morgan fingerprint density at radius 2 is 1.63 bits per heavy atom. The lowest BCUT2D eigenvalue weighted by molar-refractivity contribution is 0.163. The van der Waals surface area contributed by atoms with Crippen molar-refractivity contribution in [3.8, 4) is 11.4 Å². The number of rotatable bonds is 5. The van der Waals surface area contributed by atoms with Gasteiger partial charge in [0.15, 0.2) is 0 Å². The fraction of sp³-hybridized carbons (Fsp3) is 0.263. The van der Waals surface area contributed by atoms with E-state index in [1.54, 1.807) is 18.2 Å². The Bertz CT molecular complexity index is 1140. The molecule has 0 aliphatic carbocycles. The second-order valence-corrected chi connectivity index (χ2v) is 9.88. The first-order valence-electron chi connectivity index (χ1n) is 9.09. The van der Waals surface area contributed by atoms with Gasteiger partial charge in [0, 0.05) is 36.8 Å². The van der Waals surface area contributed by atoms with Gasteiger partial charge in [-0.1, -0.05) is 58.2 Å². The normalized spacial score (nSPS) is 16.1. The summed E-state index contributed by atoms with van der Waals surface area (Å²) in [5, 5.41) is 4.82. The molecule has 0 N–H and O–H groups in total. The van der Waals surface area contributed by atoms with E-state index in [0.717, 1.165) is 5.56 Å². The van der Waals surface area contributed by atoms with Gasteiger partial charge in [0.05, 0.1) is 16.6 Å². The third kappa shape index (κ3) is 4.49. The van der Waals surface area contributed by atoms with E-state index in [2.05, 4.69) is 15.0 Å². The standard InChI is InChI=1S/C19H17Cl3N4O3S/c20-14-4-1-3-13(11-14)19-23-17(29-24-19)12-25-7-9-26(10-8-25)30(27,28)18-15(21)5-2-6-16(18)22/h1-6,11H,7-10,12H2. The summed E-state index contributed by atoms with van der Waals surface area (Å²) in [6, 6.07) is 11.9. The Morgan fingerprint density at radius 1 is 0.967 bits per heavy atom. The summed E-state index contributed by atoms with van der Waals surface area (Å²) in [6.45, 7) is 2.05. The van der Waals surface area contributed by atoms with Gasteiger partial charge >= 0.3 is 0 Å². The van der Waals surface area contributed by atoms with Gasteiger partial charge in [0.1, 0.15) is 4.90 Å². The maximum Gasteiger partial charge on any atom is 0.246 e. The largest absolute Gasteiger partial charge is 0.338 e. The monoisotopic (exact) mass is 486 g/mol. The lowest BCUT2D eigenvalue weighted by Gasteiger charge is -2.33. The van der Waals surface area contributed by atoms with E-state index < -0.39 is 10.0 Å². The van der Waals surface area contributed by atoms with E-state index in [9.17, 15) is 8.42 Å². The Labute approximate surface area is 189 Å². The summed E-state index contributed by atoms with van der Waals surface area (Å²) in [7, 11) is -3.78. The molecule has 1 aromatic heterocycles. The molecule has 7 nitrogen and oxygen atoms in total. The summed E-state index contributed by atoms with van der Waals surface area (Å²) in [4.78, 5) is 6.41. The average molecular weight is 488 g/mol. The number of halogens is 3. The average Bonchev–Trinajstić information content (AvgIpc) is 3.17. The molecule has 1 aliphatic heterocycles. The van der Waals surface area contributed by atoms with Crippen molar-refractivity contribution in [2.24, 2.45) is 0 Å². The first kappa shape index (κ1) is 21.5. The SMILES string of the molecule is O=S(=O)(c1c(Cl)cccc1Cl)N1CCN(Cc2nc(-c3cccc(Cl)c3)no2)CC1. The number of hydrogen-bond donors (Lipinski definition) is 0. The molecule has 1 fully saturated rings. The van der Waals surface area contributed by atoms with Crippen LogP contribution in [0.25, 0.3) is 11.4 Å². The summed E-state index contributed by atoms with van der Waals surface area (Å²) >= 11 is 18.2. The van der Waals surface area contributed by atoms with E-state index in [4.69, 9.17) is 39.3 Å². The van der Waals surface area contributed by atoms with Crippen LogP contribution in [0.2, 0.25) is 15.1 Å². The van der Waals surface area contributed by atoms with Crippen molar-refractivity contribution in [2.75, 3.05) is 26.2 Å². The molecule has 2 heterocycles. The van der Waals surface area contributed by atoms with Crippen LogP contribution in [0.15, 0.2) is 51.9 Å². The second kappa shape index (κ2) is 8.82. The highest BCUT2D eigenvalue weighted by atomic mass is 35.5. The zero-order valence-electron chi connectivity index (χ0n) is 15.6. The Morgan fingerprint density at radius 3 is 2.30 bits per heavy atom. The number of benzene rings is 2. The van der Waals surface area contributed by atoms with E-state index in [0.29, 0.717) is 49.5 Å². The smallest absolute Gasteiger partial charge is 0.246 e. The van der Waals surface area contributed by atoms with Crippen LogP contribution in [0, 0.1) is 0 Å². The van der Waals surface area contributed by atoms with Crippen LogP contribution in [-0.2, 0) is 16.6 Å². The number of aromatic nitrogens is 2. The van der Waals surface area contributed by atoms with Gasteiger partial charge in [-0.15, -0.1) is 0 Å². The van der Waals surface area contributed by atoms with Crippen LogP contribution >= 0.6 is 34.8 Å². The molecule has 0 saturated carbocycles. The maximum atomic E-state index is 13.0. The van der Waals surface area contributed by atoms with Crippen LogP contribution in [0.1, 0.15) is 5.89 Å². The first-order chi connectivity index (χ1) is 14.3.